The van der Waals surface area contributed by atoms with E-state index in [1.165, 1.54) is 5.56 Å². The predicted molar refractivity (Wildman–Crippen MR) is 105 cm³/mol. The molecule has 3 aliphatic rings. The van der Waals surface area contributed by atoms with Crippen molar-refractivity contribution in [3.05, 3.63) is 59.2 Å². The Morgan fingerprint density at radius 3 is 3.07 bits per heavy atom. The first kappa shape index (κ1) is 17.1. The van der Waals surface area contributed by atoms with Gasteiger partial charge < -0.3 is 20.3 Å². The van der Waals surface area contributed by atoms with E-state index in [0.717, 1.165) is 48.4 Å². The number of carbonyl (C=O) groups is 2. The molecule has 2 aromatic rings. The van der Waals surface area contributed by atoms with Gasteiger partial charge in [0, 0.05) is 31.7 Å². The molecule has 2 N–H and O–H groups in total. The van der Waals surface area contributed by atoms with Crippen molar-refractivity contribution in [2.45, 2.75) is 31.2 Å². The Morgan fingerprint density at radius 1 is 1.25 bits per heavy atom. The van der Waals surface area contributed by atoms with Crippen LogP contribution in [0.15, 0.2) is 42.5 Å². The van der Waals surface area contributed by atoms with Crippen molar-refractivity contribution in [3.8, 4) is 5.75 Å². The number of rotatable bonds is 2. The van der Waals surface area contributed by atoms with Crippen LogP contribution >= 0.6 is 0 Å². The Morgan fingerprint density at radius 2 is 2.14 bits per heavy atom. The van der Waals surface area contributed by atoms with Crippen LogP contribution in [0, 0.1) is 0 Å². The molecule has 0 radical (unpaired) electrons. The van der Waals surface area contributed by atoms with Crippen LogP contribution in [-0.2, 0) is 23.2 Å². The number of piperidine rings is 1. The number of urea groups is 1. The Balaban J connectivity index is 1.29. The van der Waals surface area contributed by atoms with Crippen molar-refractivity contribution in [1.29, 1.82) is 0 Å². The summed E-state index contributed by atoms with van der Waals surface area (Å²) in [7, 11) is 0. The van der Waals surface area contributed by atoms with Gasteiger partial charge in [-0.25, -0.2) is 4.79 Å². The smallest absolute Gasteiger partial charge is 0.317 e. The van der Waals surface area contributed by atoms with Crippen molar-refractivity contribution >= 4 is 17.6 Å². The van der Waals surface area contributed by atoms with Crippen molar-refractivity contribution in [1.82, 2.24) is 10.2 Å². The zero-order valence-corrected chi connectivity index (χ0v) is 15.7. The summed E-state index contributed by atoms with van der Waals surface area (Å²) >= 11 is 0. The number of fused-ring (bicyclic) bond motifs is 3. The number of likely N-dealkylation sites (tertiary alicyclic amines) is 1. The number of carbonyl (C=O) groups excluding carboxylic acids is 2. The van der Waals surface area contributed by atoms with Gasteiger partial charge in [0.1, 0.15) is 5.75 Å². The average molecular weight is 377 g/mol. The molecule has 1 atom stereocenters. The fourth-order valence-electron chi connectivity index (χ4n) is 4.65. The number of anilines is 1. The van der Waals surface area contributed by atoms with Gasteiger partial charge in [-0.1, -0.05) is 30.3 Å². The third-order valence-corrected chi connectivity index (χ3v) is 6.10. The molecule has 6 nitrogen and oxygen atoms in total. The molecule has 5 rings (SSSR count). The Hall–Kier alpha value is -3.02. The molecule has 1 spiro atoms. The van der Waals surface area contributed by atoms with Crippen LogP contribution in [0.25, 0.3) is 0 Å². The third kappa shape index (κ3) is 2.71. The molecule has 2 aromatic carbocycles. The monoisotopic (exact) mass is 377 g/mol. The molecule has 144 valence electrons. The van der Waals surface area contributed by atoms with Crippen molar-refractivity contribution in [2.75, 3.05) is 25.0 Å². The molecule has 1 saturated heterocycles. The van der Waals surface area contributed by atoms with Gasteiger partial charge >= 0.3 is 6.03 Å². The normalized spacial score (nSPS) is 22.4. The summed E-state index contributed by atoms with van der Waals surface area (Å²) in [5.41, 5.74) is 3.51. The Kier molecular flexibility index (Phi) is 4.00. The third-order valence-electron chi connectivity index (χ3n) is 6.10. The van der Waals surface area contributed by atoms with Gasteiger partial charge in [0.05, 0.1) is 12.0 Å². The van der Waals surface area contributed by atoms with Gasteiger partial charge in [-0.15, -0.1) is 0 Å². The fraction of sp³-hybridized carbons (Fsp3) is 0.364. The zero-order chi connectivity index (χ0) is 19.1. The number of hydrogen-bond acceptors (Lipinski definition) is 3. The summed E-state index contributed by atoms with van der Waals surface area (Å²) in [6.45, 7) is 2.28. The largest absolute Gasteiger partial charge is 0.493 e. The molecule has 0 aromatic heterocycles. The number of nitrogens with one attached hydrogen (secondary N) is 2. The van der Waals surface area contributed by atoms with E-state index in [-0.39, 0.29) is 11.9 Å². The summed E-state index contributed by atoms with van der Waals surface area (Å²) in [6, 6.07) is 13.8. The number of benzene rings is 2. The SMILES string of the molecule is O=C(NCc1ccc2c(c1)CCO2)N1CCC[C@]2(C1)C(=O)Nc1ccccc12. The lowest BCUT2D eigenvalue weighted by atomic mass is 9.75. The highest BCUT2D eigenvalue weighted by Gasteiger charge is 2.49. The Bertz CT molecular complexity index is 958. The summed E-state index contributed by atoms with van der Waals surface area (Å²) in [6.07, 6.45) is 2.50. The Labute approximate surface area is 163 Å². The van der Waals surface area contributed by atoms with Gasteiger partial charge in [0.15, 0.2) is 0 Å². The van der Waals surface area contributed by atoms with Crippen LogP contribution in [-0.4, -0.2) is 36.5 Å². The van der Waals surface area contributed by atoms with E-state index in [9.17, 15) is 9.59 Å². The van der Waals surface area contributed by atoms with Crippen LogP contribution in [0.1, 0.15) is 29.5 Å². The topological polar surface area (TPSA) is 70.7 Å². The van der Waals surface area contributed by atoms with E-state index in [1.807, 2.05) is 36.4 Å². The predicted octanol–water partition coefficient (Wildman–Crippen LogP) is 2.82. The molecule has 0 saturated carbocycles. The van der Waals surface area contributed by atoms with Gasteiger partial charge in [-0.05, 0) is 41.7 Å². The molecular weight excluding hydrogens is 354 g/mol. The van der Waals surface area contributed by atoms with Crippen LogP contribution in [0.4, 0.5) is 10.5 Å². The maximum atomic E-state index is 12.8. The van der Waals surface area contributed by atoms with Crippen molar-refractivity contribution in [2.24, 2.45) is 0 Å². The molecule has 3 amide bonds. The first-order valence-electron chi connectivity index (χ1n) is 9.84. The lowest BCUT2D eigenvalue weighted by molar-refractivity contribution is -0.122. The highest BCUT2D eigenvalue weighted by molar-refractivity contribution is 6.06. The van der Waals surface area contributed by atoms with Crippen molar-refractivity contribution < 1.29 is 14.3 Å². The number of amides is 3. The molecule has 3 heterocycles. The standard InChI is InChI=1S/C22H23N3O3/c26-20-22(17-4-1-2-5-18(17)24-20)9-3-10-25(14-22)21(27)23-13-15-6-7-19-16(12-15)8-11-28-19/h1-2,4-7,12H,3,8-11,13-14H2,(H,23,27)(H,24,26)/t22-/m1/s1. The van der Waals surface area contributed by atoms with E-state index in [0.29, 0.717) is 19.6 Å². The molecular formula is C22H23N3O3. The number of hydrogen-bond donors (Lipinski definition) is 2. The zero-order valence-electron chi connectivity index (χ0n) is 15.7. The van der Waals surface area contributed by atoms with Gasteiger partial charge in [0.25, 0.3) is 0 Å². The minimum atomic E-state index is -0.628. The van der Waals surface area contributed by atoms with Gasteiger partial charge in [-0.3, -0.25) is 4.79 Å². The number of nitrogens with zero attached hydrogens (tertiary/aromatic N) is 1. The molecule has 28 heavy (non-hydrogen) atoms. The molecule has 0 unspecified atom stereocenters. The quantitative estimate of drug-likeness (QED) is 0.846. The van der Waals surface area contributed by atoms with Crippen molar-refractivity contribution in [3.63, 3.8) is 0 Å². The second kappa shape index (κ2) is 6.55. The summed E-state index contributed by atoms with van der Waals surface area (Å²) < 4.78 is 5.53. The van der Waals surface area contributed by atoms with Crippen LogP contribution in [0.3, 0.4) is 0 Å². The minimum Gasteiger partial charge on any atom is -0.493 e. The summed E-state index contributed by atoms with van der Waals surface area (Å²) in [5, 5.41) is 6.01. The van der Waals surface area contributed by atoms with Crippen LogP contribution in [0.2, 0.25) is 0 Å². The summed E-state index contributed by atoms with van der Waals surface area (Å²) in [5.74, 6) is 0.948. The second-order valence-corrected chi connectivity index (χ2v) is 7.81. The number of para-hydroxylation sites is 1. The molecule has 0 aliphatic carbocycles. The summed E-state index contributed by atoms with van der Waals surface area (Å²) in [4.78, 5) is 27.4. The lowest BCUT2D eigenvalue weighted by Crippen LogP contribution is -2.54. The minimum absolute atomic E-state index is 0.00446. The molecule has 3 aliphatic heterocycles. The highest BCUT2D eigenvalue weighted by atomic mass is 16.5. The average Bonchev–Trinajstić information content (AvgIpc) is 3.29. The number of ether oxygens (including phenoxy) is 1. The lowest BCUT2D eigenvalue weighted by Gasteiger charge is -2.39. The maximum absolute atomic E-state index is 12.8. The van der Waals surface area contributed by atoms with Crippen LogP contribution in [0.5, 0.6) is 5.75 Å². The molecule has 1 fully saturated rings. The van der Waals surface area contributed by atoms with E-state index in [2.05, 4.69) is 16.7 Å². The van der Waals surface area contributed by atoms with Gasteiger partial charge in [0.2, 0.25) is 5.91 Å². The second-order valence-electron chi connectivity index (χ2n) is 7.81. The van der Waals surface area contributed by atoms with Gasteiger partial charge in [-0.2, -0.15) is 0 Å². The van der Waals surface area contributed by atoms with E-state index in [4.69, 9.17) is 4.74 Å². The first-order valence-corrected chi connectivity index (χ1v) is 9.84. The first-order chi connectivity index (χ1) is 13.7. The molecule has 0 bridgehead atoms. The highest BCUT2D eigenvalue weighted by Crippen LogP contribution is 2.43. The van der Waals surface area contributed by atoms with E-state index < -0.39 is 5.41 Å². The fourth-order valence-corrected chi connectivity index (χ4v) is 4.65. The molecule has 6 heteroatoms. The van der Waals surface area contributed by atoms with Crippen LogP contribution < -0.4 is 15.4 Å². The van der Waals surface area contributed by atoms with E-state index >= 15 is 0 Å². The maximum Gasteiger partial charge on any atom is 0.317 e. The van der Waals surface area contributed by atoms with E-state index in [1.54, 1.807) is 4.90 Å².